The zero-order valence-electron chi connectivity index (χ0n) is 15.0. The molecule has 1 aromatic carbocycles. The normalized spacial score (nSPS) is 18.0. The van der Waals surface area contributed by atoms with Crippen molar-refractivity contribution in [3.05, 3.63) is 59.3 Å². The molecular weight excluding hydrogens is 393 g/mol. The Morgan fingerprint density at radius 1 is 1.29 bits per heavy atom. The van der Waals surface area contributed by atoms with Crippen LogP contribution in [0.5, 0.6) is 5.88 Å². The summed E-state index contributed by atoms with van der Waals surface area (Å²) in [6.45, 7) is 1.53. The second-order valence-corrected chi connectivity index (χ2v) is 7.10. The van der Waals surface area contributed by atoms with E-state index in [2.05, 4.69) is 9.98 Å². The van der Waals surface area contributed by atoms with Crippen molar-refractivity contribution in [2.75, 3.05) is 7.11 Å². The Labute approximate surface area is 163 Å². The average molecular weight is 410 g/mol. The van der Waals surface area contributed by atoms with Gasteiger partial charge in [0, 0.05) is 12.3 Å². The molecule has 0 saturated heterocycles. The van der Waals surface area contributed by atoms with Crippen LogP contribution in [0.2, 0.25) is 0 Å². The molecule has 3 rings (SSSR count). The summed E-state index contributed by atoms with van der Waals surface area (Å²) in [6.07, 6.45) is -3.01. The molecule has 1 aliphatic heterocycles. The summed E-state index contributed by atoms with van der Waals surface area (Å²) in [4.78, 5) is 20.3. The highest BCUT2D eigenvalue weighted by molar-refractivity contribution is 8.15. The molecule has 10 heteroatoms. The van der Waals surface area contributed by atoms with E-state index in [0.29, 0.717) is 11.4 Å². The van der Waals surface area contributed by atoms with Gasteiger partial charge in [-0.2, -0.15) is 18.2 Å². The number of nitrogens with zero attached hydrogens (tertiary/aromatic N) is 3. The van der Waals surface area contributed by atoms with Crippen LogP contribution in [0, 0.1) is 0 Å². The van der Waals surface area contributed by atoms with E-state index in [0.717, 1.165) is 22.8 Å². The number of aliphatic imine (C=N–C) groups is 1. The fourth-order valence-corrected chi connectivity index (χ4v) is 3.87. The van der Waals surface area contributed by atoms with Gasteiger partial charge in [0.15, 0.2) is 5.17 Å². The van der Waals surface area contributed by atoms with Gasteiger partial charge < -0.3 is 4.74 Å². The Morgan fingerprint density at radius 2 is 2.00 bits per heavy atom. The van der Waals surface area contributed by atoms with Gasteiger partial charge in [0.2, 0.25) is 5.88 Å². The number of aromatic nitrogens is 1. The third-order valence-corrected chi connectivity index (χ3v) is 5.50. The summed E-state index contributed by atoms with van der Waals surface area (Å²) in [5.74, 6) is 5.95. The molecule has 0 aliphatic carbocycles. The average Bonchev–Trinajstić information content (AvgIpc) is 3.08. The molecule has 0 radical (unpaired) electrons. The van der Waals surface area contributed by atoms with E-state index in [9.17, 15) is 18.0 Å². The molecule has 1 unspecified atom stereocenters. The Kier molecular flexibility index (Phi) is 5.61. The zero-order chi connectivity index (χ0) is 20.5. The van der Waals surface area contributed by atoms with Crippen molar-refractivity contribution in [2.24, 2.45) is 10.8 Å². The molecule has 0 spiro atoms. The lowest BCUT2D eigenvalue weighted by Crippen LogP contribution is -2.38. The minimum absolute atomic E-state index is 0.00211. The van der Waals surface area contributed by atoms with E-state index >= 15 is 0 Å². The monoisotopic (exact) mass is 410 g/mol. The number of hydrogen-bond acceptors (Lipinski definition) is 6. The van der Waals surface area contributed by atoms with Gasteiger partial charge in [-0.15, -0.1) is 0 Å². The van der Waals surface area contributed by atoms with Gasteiger partial charge in [-0.25, -0.2) is 10.8 Å². The minimum Gasteiger partial charge on any atom is -0.481 e. The number of amides is 1. The summed E-state index contributed by atoms with van der Waals surface area (Å²) in [6, 6.07) is 7.61. The first kappa shape index (κ1) is 20.2. The number of nitrogens with two attached hydrogens (primary N) is 1. The van der Waals surface area contributed by atoms with E-state index in [1.807, 2.05) is 0 Å². The third-order valence-electron chi connectivity index (χ3n) is 4.28. The lowest BCUT2D eigenvalue weighted by atomic mass is 10.0. The highest BCUT2D eigenvalue weighted by Crippen LogP contribution is 2.41. The highest BCUT2D eigenvalue weighted by atomic mass is 32.2. The number of carbonyl (C=O) groups excluding carboxylic acids is 1. The number of carbonyl (C=O) groups is 1. The van der Waals surface area contributed by atoms with Crippen LogP contribution in [0.3, 0.4) is 0 Å². The molecule has 2 heterocycles. The summed E-state index contributed by atoms with van der Waals surface area (Å²) in [5, 5.41) is 0.573. The smallest absolute Gasteiger partial charge is 0.416 e. The van der Waals surface area contributed by atoms with Crippen LogP contribution in [0.4, 0.5) is 13.2 Å². The molecule has 1 aromatic heterocycles. The standard InChI is InChI=1S/C18H17F3N4O2S/c1-10(12-5-3-4-6-13(12)18(19,20)21)25(22)17-24-16(26)15(28-17)11-7-8-23-14(9-11)27-2/h3-10,15H,22H2,1-2H3/t10-,15?/m0/s1. The van der Waals surface area contributed by atoms with Crippen LogP contribution in [0.15, 0.2) is 47.6 Å². The van der Waals surface area contributed by atoms with Crippen LogP contribution in [0.1, 0.15) is 34.9 Å². The third kappa shape index (κ3) is 3.97. The molecule has 1 aliphatic rings. The van der Waals surface area contributed by atoms with E-state index in [-0.39, 0.29) is 10.7 Å². The molecule has 0 saturated carbocycles. The Hall–Kier alpha value is -2.59. The van der Waals surface area contributed by atoms with Gasteiger partial charge in [-0.3, -0.25) is 9.80 Å². The van der Waals surface area contributed by atoms with E-state index in [1.165, 1.54) is 38.4 Å². The molecule has 1 amide bonds. The Morgan fingerprint density at radius 3 is 2.68 bits per heavy atom. The second-order valence-electron chi connectivity index (χ2n) is 6.03. The van der Waals surface area contributed by atoms with E-state index < -0.39 is 28.9 Å². The van der Waals surface area contributed by atoms with Crippen molar-refractivity contribution >= 4 is 22.8 Å². The molecule has 6 nitrogen and oxygen atoms in total. The molecule has 28 heavy (non-hydrogen) atoms. The maximum atomic E-state index is 13.3. The van der Waals surface area contributed by atoms with Gasteiger partial charge >= 0.3 is 6.18 Å². The van der Waals surface area contributed by atoms with Crippen molar-refractivity contribution in [3.8, 4) is 5.88 Å². The Balaban J connectivity index is 1.83. The van der Waals surface area contributed by atoms with Crippen molar-refractivity contribution in [3.63, 3.8) is 0 Å². The van der Waals surface area contributed by atoms with Crippen LogP contribution < -0.4 is 10.6 Å². The number of pyridine rings is 1. The van der Waals surface area contributed by atoms with Crippen LogP contribution in [-0.2, 0) is 11.0 Å². The lowest BCUT2D eigenvalue weighted by Gasteiger charge is -2.27. The number of benzene rings is 1. The lowest BCUT2D eigenvalue weighted by molar-refractivity contribution is -0.138. The maximum absolute atomic E-state index is 13.3. The number of ether oxygens (including phenoxy) is 1. The molecular formula is C18H17F3N4O2S. The van der Waals surface area contributed by atoms with Gasteiger partial charge in [-0.1, -0.05) is 30.0 Å². The van der Waals surface area contributed by atoms with Crippen molar-refractivity contribution in [2.45, 2.75) is 24.4 Å². The molecule has 2 atom stereocenters. The molecule has 2 N–H and O–H groups in total. The number of rotatable bonds is 4. The minimum atomic E-state index is -4.51. The highest BCUT2D eigenvalue weighted by Gasteiger charge is 2.38. The SMILES string of the molecule is COc1cc(C2SC(N(N)[C@@H](C)c3ccccc3C(F)(F)F)=NC2=O)ccn1. The number of amidine groups is 1. The fourth-order valence-electron chi connectivity index (χ4n) is 2.80. The predicted molar refractivity (Wildman–Crippen MR) is 99.4 cm³/mol. The van der Waals surface area contributed by atoms with Crippen LogP contribution in [0.25, 0.3) is 0 Å². The largest absolute Gasteiger partial charge is 0.481 e. The summed E-state index contributed by atoms with van der Waals surface area (Å²) < 4.78 is 45.0. The van der Waals surface area contributed by atoms with Crippen LogP contribution >= 0.6 is 11.8 Å². The summed E-state index contributed by atoms with van der Waals surface area (Å²) >= 11 is 1.07. The molecule has 0 fully saturated rings. The summed E-state index contributed by atoms with van der Waals surface area (Å²) in [7, 11) is 1.46. The van der Waals surface area contributed by atoms with Crippen molar-refractivity contribution in [1.29, 1.82) is 0 Å². The Bertz CT molecular complexity index is 920. The van der Waals surface area contributed by atoms with E-state index in [4.69, 9.17) is 10.6 Å². The number of alkyl halides is 3. The zero-order valence-corrected chi connectivity index (χ0v) is 15.8. The molecule has 0 bridgehead atoms. The first-order valence-corrected chi connectivity index (χ1v) is 9.09. The fraction of sp³-hybridized carbons (Fsp3) is 0.278. The number of thioether (sulfide) groups is 1. The van der Waals surface area contributed by atoms with Crippen molar-refractivity contribution in [1.82, 2.24) is 9.99 Å². The van der Waals surface area contributed by atoms with Gasteiger partial charge in [-0.05, 0) is 30.2 Å². The maximum Gasteiger partial charge on any atom is 0.416 e. The first-order chi connectivity index (χ1) is 13.2. The van der Waals surface area contributed by atoms with Crippen LogP contribution in [-0.4, -0.2) is 28.2 Å². The predicted octanol–water partition coefficient (Wildman–Crippen LogP) is 3.72. The topological polar surface area (TPSA) is 80.8 Å². The number of hydrazine groups is 1. The summed E-state index contributed by atoms with van der Waals surface area (Å²) in [5.41, 5.74) is -0.150. The quantitative estimate of drug-likeness (QED) is 0.611. The number of halogens is 3. The number of hydrogen-bond donors (Lipinski definition) is 1. The number of methoxy groups -OCH3 is 1. The van der Waals surface area contributed by atoms with Gasteiger partial charge in [0.25, 0.3) is 5.91 Å². The molecule has 148 valence electrons. The molecule has 2 aromatic rings. The first-order valence-electron chi connectivity index (χ1n) is 8.21. The van der Waals surface area contributed by atoms with E-state index in [1.54, 1.807) is 12.1 Å². The second kappa shape index (κ2) is 7.80. The van der Waals surface area contributed by atoms with Gasteiger partial charge in [0.05, 0.1) is 18.7 Å². The van der Waals surface area contributed by atoms with Gasteiger partial charge in [0.1, 0.15) is 5.25 Å². The van der Waals surface area contributed by atoms with Crippen molar-refractivity contribution < 1.29 is 22.7 Å².